The van der Waals surface area contributed by atoms with E-state index in [1.165, 1.54) is 97.1 Å². The summed E-state index contributed by atoms with van der Waals surface area (Å²) >= 11 is 7.69. The molecule has 2 aliphatic rings. The lowest BCUT2D eigenvalue weighted by Gasteiger charge is -2.30. The van der Waals surface area contributed by atoms with E-state index in [1.807, 2.05) is 101 Å². The number of oxime groups is 2. The van der Waals surface area contributed by atoms with Gasteiger partial charge in [-0.05, 0) is 376 Å². The number of aliphatic carboxylic acids is 1. The first kappa shape index (κ1) is 126. The molecule has 147 heavy (non-hydrogen) atoms. The van der Waals surface area contributed by atoms with Crippen LogP contribution >= 0.6 is 61.1 Å². The van der Waals surface area contributed by atoms with Gasteiger partial charge in [0.05, 0.1) is 13.2 Å². The molecule has 0 unspecified atom stereocenters. The van der Waals surface area contributed by atoms with Crippen LogP contribution in [0.3, 0.4) is 0 Å². The number of Topliss-reactive ketones (excluding diaryl/α,β-unsaturated/α-hetero) is 5. The Balaban J connectivity index is 0.000000434. The highest BCUT2D eigenvalue weighted by molar-refractivity contribution is 14.1. The topological polar surface area (TPSA) is 296 Å². The minimum absolute atomic E-state index is 0. The summed E-state index contributed by atoms with van der Waals surface area (Å²) in [4.78, 5) is 103. The quantitative estimate of drug-likeness (QED) is 0.0155. The first-order chi connectivity index (χ1) is 66.8. The number of benzene rings is 14. The van der Waals surface area contributed by atoms with Gasteiger partial charge < -0.3 is 41.5 Å². The summed E-state index contributed by atoms with van der Waals surface area (Å²) in [6.07, 6.45) is 0. The number of carboxylic acids is 1. The first-order valence-corrected chi connectivity index (χ1v) is 46.6. The third-order valence-corrected chi connectivity index (χ3v) is 23.8. The SMILES string of the molecule is C.C.C.C.C.C.C=C(C)c1cc(-c2ccc(F)cc2)ccc1C(=O)C(=O)OCC.C=C(C)c1cc(-c2ccc(F)cc2)ccc1I.CC(=O)c1cc(-c2ccc(F)cc2)ccc1I.CC(=O)c1cc(-c2ccc(F)cc2)ccc1N.CC(=O)c1cc(Br)ccc1N.CC(=O)c1ccccc1N.CC1(C)ON=C(C(=O)O)c2ccc(-c3ccc(F)cc3)cc21.CCOC(=O)C1=NOC(C)(C)c2cc(-c3ccc(F)cc3)ccc21. The van der Waals surface area contributed by atoms with Crippen LogP contribution < -0.4 is 17.2 Å². The third-order valence-electron chi connectivity index (χ3n) is 21.4. The van der Waals surface area contributed by atoms with E-state index in [0.717, 1.165) is 97.1 Å². The van der Waals surface area contributed by atoms with Crippen molar-refractivity contribution < 1.29 is 89.0 Å². The number of halogens is 9. The molecule has 16 rings (SSSR count). The molecule has 0 bridgehead atoms. The Kier molecular flexibility index (Phi) is 50.2. The molecule has 7 N–H and O–H groups in total. The van der Waals surface area contributed by atoms with Gasteiger partial charge in [0.1, 0.15) is 34.9 Å². The van der Waals surface area contributed by atoms with E-state index in [2.05, 4.69) is 96.7 Å². The summed E-state index contributed by atoms with van der Waals surface area (Å²) in [7, 11) is 0. The second kappa shape index (κ2) is 58.4. The summed E-state index contributed by atoms with van der Waals surface area (Å²) in [5, 5.41) is 16.9. The number of nitrogens with zero attached hydrogens (tertiary/aromatic N) is 2. The molecule has 0 amide bonds. The van der Waals surface area contributed by atoms with Gasteiger partial charge in [-0.3, -0.25) is 24.0 Å². The summed E-state index contributed by atoms with van der Waals surface area (Å²) in [5.74, 6) is -4.91. The highest BCUT2D eigenvalue weighted by atomic mass is 127. The molecule has 2 aliphatic heterocycles. The van der Waals surface area contributed by atoms with Crippen molar-refractivity contribution in [3.05, 3.63) is 418 Å². The van der Waals surface area contributed by atoms with Gasteiger partial charge in [-0.2, -0.15) is 0 Å². The van der Waals surface area contributed by atoms with E-state index in [9.17, 15) is 69.8 Å². The number of hydrogen-bond donors (Lipinski definition) is 4. The van der Waals surface area contributed by atoms with Crippen LogP contribution in [0.1, 0.15) is 213 Å². The normalized spacial score (nSPS) is 11.3. The van der Waals surface area contributed by atoms with Crippen LogP contribution in [0.5, 0.6) is 0 Å². The van der Waals surface area contributed by atoms with Crippen LogP contribution in [0.25, 0.3) is 77.9 Å². The molecule has 0 aromatic heterocycles. The lowest BCUT2D eigenvalue weighted by atomic mass is 9.87. The fraction of sp³-hybridized carbons (Fsp3) is 0.183. The average Bonchev–Trinajstić information content (AvgIpc) is 0.764. The van der Waals surface area contributed by atoms with Gasteiger partial charge in [0.15, 0.2) is 45.8 Å². The molecule has 0 saturated heterocycles. The van der Waals surface area contributed by atoms with E-state index in [0.29, 0.717) is 61.6 Å². The number of nitrogen functional groups attached to an aromatic ring is 3. The molecule has 27 heteroatoms. The highest BCUT2D eigenvalue weighted by Crippen LogP contribution is 2.40. The number of ether oxygens (including phenoxy) is 2. The van der Waals surface area contributed by atoms with Crippen molar-refractivity contribution in [2.24, 2.45) is 10.3 Å². The molecule has 0 spiro atoms. The van der Waals surface area contributed by atoms with E-state index in [1.54, 1.807) is 173 Å². The second-order valence-electron chi connectivity index (χ2n) is 32.8. The number of fused-ring (bicyclic) bond motifs is 2. The zero-order chi connectivity index (χ0) is 103. The molecule has 0 radical (unpaired) electrons. The van der Waals surface area contributed by atoms with Gasteiger partial charge in [0.25, 0.3) is 5.78 Å². The van der Waals surface area contributed by atoms with Crippen LogP contribution in [-0.4, -0.2) is 76.6 Å². The molecule has 18 nitrogen and oxygen atoms in total. The number of hydrogen-bond acceptors (Lipinski definition) is 17. The number of nitrogens with two attached hydrogens (primary N) is 3. The zero-order valence-electron chi connectivity index (χ0n) is 79.0. The maximum absolute atomic E-state index is 13.1. The van der Waals surface area contributed by atoms with E-state index in [-0.39, 0.29) is 133 Å². The van der Waals surface area contributed by atoms with Crippen molar-refractivity contribution in [3.8, 4) is 66.8 Å². The van der Waals surface area contributed by atoms with Crippen molar-refractivity contribution >= 4 is 148 Å². The van der Waals surface area contributed by atoms with E-state index in [4.69, 9.17) is 36.3 Å². The number of carboxylic acid groups (broad SMARTS) is 1. The van der Waals surface area contributed by atoms with Crippen LogP contribution in [0, 0.1) is 42.0 Å². The molecule has 770 valence electrons. The Morgan fingerprint density at radius 1 is 0.340 bits per heavy atom. The second-order valence-corrected chi connectivity index (χ2v) is 36.0. The molecule has 14 aromatic carbocycles. The monoisotopic (exact) mass is 2290 g/mol. The van der Waals surface area contributed by atoms with Crippen molar-refractivity contribution in [3.63, 3.8) is 0 Å². The fourth-order valence-corrected chi connectivity index (χ4v) is 15.9. The summed E-state index contributed by atoms with van der Waals surface area (Å²) in [5.41, 5.74) is 36.5. The number of para-hydroxylation sites is 1. The van der Waals surface area contributed by atoms with Crippen LogP contribution in [-0.2, 0) is 44.7 Å². The number of rotatable bonds is 18. The number of ketones is 5. The van der Waals surface area contributed by atoms with E-state index >= 15 is 0 Å². The predicted molar refractivity (Wildman–Crippen MR) is 607 cm³/mol. The van der Waals surface area contributed by atoms with Crippen molar-refractivity contribution in [2.75, 3.05) is 30.4 Å². The molecule has 2 heterocycles. The van der Waals surface area contributed by atoms with Gasteiger partial charge >= 0.3 is 17.9 Å². The van der Waals surface area contributed by atoms with Crippen LogP contribution in [0.15, 0.2) is 325 Å². The molecule has 0 fully saturated rings. The number of carbonyl (C=O) groups excluding carboxylic acids is 7. The van der Waals surface area contributed by atoms with Crippen molar-refractivity contribution in [2.45, 2.75) is 139 Å². The van der Waals surface area contributed by atoms with Crippen molar-refractivity contribution in [1.82, 2.24) is 0 Å². The number of esters is 2. The standard InChI is InChI=1S/C19H18FNO3.C19H17FO3.C17H14FNO3.C15H12FI.C14H10FIO.C14H12FNO.C8H8BrNO.C8H9NO.6CH4/c1-4-23-18(22)17-15-10-7-13(12-5-8-14(20)9-6-12)11-16(15)19(2,3)24-21-17;1-4-23-19(22)18(21)16-10-7-14(11-17(16)12(2)3)13-5-8-15(20)9-6-13;1-17(2)14-9-11(10-3-6-12(18)7-4-10)5-8-13(14)15(16(20)21)19-22-17;1-10(2)14-9-12(5-8-15(14)17)11-3-6-13(16)7-4-11;2*1-9(17)13-8-11(4-7-14(13)16)10-2-5-12(15)6-3-10;1-5(11)7-4-6(9)2-3-8(7)10;1-6(10)7-4-2-3-5-8(7)9;;;;;;/h5-11H,4H2,1-3H3;5-11H,2,4H2,1,3H3;3-9H,1-2H3,(H,20,21);3-9H,1H2,2H3;2-8H,1H3;2-8H,16H2,1H3;2-4H,10H2,1H3;2-5H,9H2,1H3;6*1H4. The maximum Gasteiger partial charge on any atom is 0.379 e. The Hall–Kier alpha value is -14.8. The van der Waals surface area contributed by atoms with Gasteiger partial charge in [0, 0.05) is 78.7 Å². The molecular weight excluding hydrogens is 2170 g/mol. The van der Waals surface area contributed by atoms with Gasteiger partial charge in [-0.25, -0.2) is 40.7 Å². The van der Waals surface area contributed by atoms with Gasteiger partial charge in [-0.1, -0.05) is 223 Å². The van der Waals surface area contributed by atoms with Crippen LogP contribution in [0.4, 0.5) is 43.4 Å². The summed E-state index contributed by atoms with van der Waals surface area (Å²) in [6, 6.07) is 82.8. The molecule has 14 aromatic rings. The van der Waals surface area contributed by atoms with Crippen molar-refractivity contribution in [1.29, 1.82) is 0 Å². The molecule has 0 saturated carbocycles. The highest BCUT2D eigenvalue weighted by Gasteiger charge is 2.37. The lowest BCUT2D eigenvalue weighted by molar-refractivity contribution is -0.137. The number of allylic oxidation sites excluding steroid dienone is 2. The average molecular weight is 2290 g/mol. The number of carbonyl (C=O) groups is 8. The molecular formula is C120H124BrF6I2N5O13. The maximum atomic E-state index is 13.1. The Bertz CT molecular complexity index is 6810. The van der Waals surface area contributed by atoms with Crippen LogP contribution in [0.2, 0.25) is 0 Å². The minimum atomic E-state index is -1.13. The Morgan fingerprint density at radius 3 is 0.952 bits per heavy atom. The van der Waals surface area contributed by atoms with Gasteiger partial charge in [-0.15, -0.1) is 0 Å². The Morgan fingerprint density at radius 2 is 0.619 bits per heavy atom. The zero-order valence-corrected chi connectivity index (χ0v) is 84.9. The number of anilines is 3. The van der Waals surface area contributed by atoms with E-state index < -0.39 is 34.9 Å². The summed E-state index contributed by atoms with van der Waals surface area (Å²) in [6.45, 7) is 28.8. The fourth-order valence-electron chi connectivity index (χ4n) is 14.0. The predicted octanol–water partition coefficient (Wildman–Crippen LogP) is 32.1. The summed E-state index contributed by atoms with van der Waals surface area (Å²) < 4.78 is 90.5. The molecule has 0 aliphatic carbocycles. The molecule has 0 atom stereocenters. The third kappa shape index (κ3) is 35.3. The largest absolute Gasteiger partial charge is 0.476 e. The minimum Gasteiger partial charge on any atom is -0.476 e. The lowest BCUT2D eigenvalue weighted by Crippen LogP contribution is -2.32. The first-order valence-electron chi connectivity index (χ1n) is 43.7. The van der Waals surface area contributed by atoms with Gasteiger partial charge in [0.2, 0.25) is 0 Å². The Labute approximate surface area is 894 Å². The smallest absolute Gasteiger partial charge is 0.379 e.